The van der Waals surface area contributed by atoms with Crippen LogP contribution in [0, 0.1) is 0 Å². The van der Waals surface area contributed by atoms with Gasteiger partial charge in [-0.15, -0.1) is 34.0 Å². The van der Waals surface area contributed by atoms with Gasteiger partial charge in [0.1, 0.15) is 11.7 Å². The molecule has 1 atom stereocenters. The molecule has 0 saturated heterocycles. The van der Waals surface area contributed by atoms with Crippen molar-refractivity contribution in [2.24, 2.45) is 9.98 Å². The van der Waals surface area contributed by atoms with Crippen LogP contribution in [-0.4, -0.2) is 11.7 Å². The third-order valence-electron chi connectivity index (χ3n) is 10.2. The molecular formula is C45H29N3S3. The van der Waals surface area contributed by atoms with Gasteiger partial charge in [-0.25, -0.2) is 9.98 Å². The van der Waals surface area contributed by atoms with Crippen molar-refractivity contribution in [1.29, 1.82) is 0 Å². The maximum absolute atomic E-state index is 5.34. The number of nitrogens with zero attached hydrogens (tertiary/aromatic N) is 2. The maximum atomic E-state index is 5.34. The normalized spacial score (nSPS) is 16.3. The van der Waals surface area contributed by atoms with Gasteiger partial charge < -0.3 is 5.32 Å². The quantitative estimate of drug-likeness (QED) is 0.194. The van der Waals surface area contributed by atoms with E-state index in [2.05, 4.69) is 145 Å². The van der Waals surface area contributed by atoms with Crippen molar-refractivity contribution in [3.8, 4) is 11.1 Å². The Balaban J connectivity index is 1.03. The number of fused-ring (bicyclic) bond motifs is 9. The Labute approximate surface area is 306 Å². The topological polar surface area (TPSA) is 36.8 Å². The lowest BCUT2D eigenvalue weighted by atomic mass is 10.0. The summed E-state index contributed by atoms with van der Waals surface area (Å²) in [4.78, 5) is 10.6. The van der Waals surface area contributed by atoms with E-state index in [0.717, 1.165) is 41.2 Å². The van der Waals surface area contributed by atoms with Crippen LogP contribution >= 0.6 is 34.0 Å². The Hall–Kier alpha value is -5.40. The first-order valence-electron chi connectivity index (χ1n) is 17.3. The molecule has 3 aromatic heterocycles. The highest BCUT2D eigenvalue weighted by molar-refractivity contribution is 7.27. The standard InChI is InChI=1S/C45H29N3S3/c1-2-10-26(11-3-1)43-46-44(48-45(47-43)35-16-9-19-38-41(35)34-13-5-7-18-37(34)49-38)28-21-23-32-31-22-20-27(24-39(31)50-40(32)25-28)29-14-8-15-33-30-12-4-6-17-36(30)51-42(29)33/h2,4-25,44H,1,3H2,(H,46,47,48). The van der Waals surface area contributed by atoms with Crippen LogP contribution in [0.4, 0.5) is 0 Å². The van der Waals surface area contributed by atoms with Gasteiger partial charge in [0.25, 0.3) is 0 Å². The minimum Gasteiger partial charge on any atom is -0.324 e. The van der Waals surface area contributed by atoms with E-state index < -0.39 is 0 Å². The van der Waals surface area contributed by atoms with Crippen LogP contribution in [0.5, 0.6) is 0 Å². The fraction of sp³-hybridized carbons (Fsp3) is 0.0667. The number of allylic oxidation sites excluding steroid dienone is 2. The molecule has 0 bridgehead atoms. The van der Waals surface area contributed by atoms with Gasteiger partial charge in [0, 0.05) is 71.7 Å². The Bertz CT molecular complexity index is 3020. The summed E-state index contributed by atoms with van der Waals surface area (Å²) in [7, 11) is 0. The van der Waals surface area contributed by atoms with Crippen LogP contribution < -0.4 is 5.32 Å². The highest BCUT2D eigenvalue weighted by Crippen LogP contribution is 2.43. The zero-order valence-electron chi connectivity index (χ0n) is 27.4. The Morgan fingerprint density at radius 2 is 1.22 bits per heavy atom. The highest BCUT2D eigenvalue weighted by Gasteiger charge is 2.24. The second kappa shape index (κ2) is 11.6. The molecule has 11 rings (SSSR count). The van der Waals surface area contributed by atoms with Crippen molar-refractivity contribution in [1.82, 2.24) is 5.32 Å². The predicted octanol–water partition coefficient (Wildman–Crippen LogP) is 13.2. The average Bonchev–Trinajstić information content (AvgIpc) is 3.88. The zero-order valence-corrected chi connectivity index (χ0v) is 29.8. The van der Waals surface area contributed by atoms with Gasteiger partial charge in [-0.3, -0.25) is 0 Å². The summed E-state index contributed by atoms with van der Waals surface area (Å²) in [5.41, 5.74) is 5.91. The number of thiophene rings is 3. The minimum atomic E-state index is -0.358. The second-order valence-electron chi connectivity index (χ2n) is 13.2. The van der Waals surface area contributed by atoms with Crippen molar-refractivity contribution in [3.63, 3.8) is 0 Å². The molecule has 1 aliphatic carbocycles. The van der Waals surface area contributed by atoms with Gasteiger partial charge in [-0.05, 0) is 59.9 Å². The summed E-state index contributed by atoms with van der Waals surface area (Å²) in [6.07, 6.45) is 8.45. The average molecular weight is 708 g/mol. The second-order valence-corrected chi connectivity index (χ2v) is 16.4. The van der Waals surface area contributed by atoms with Crippen molar-refractivity contribution in [2.45, 2.75) is 19.0 Å². The molecule has 0 amide bonds. The first-order chi connectivity index (χ1) is 25.2. The molecule has 3 nitrogen and oxygen atoms in total. The van der Waals surface area contributed by atoms with Crippen molar-refractivity contribution < 1.29 is 0 Å². The lowest BCUT2D eigenvalue weighted by Gasteiger charge is -2.24. The molecule has 1 unspecified atom stereocenters. The third-order valence-corrected chi connectivity index (χ3v) is 13.6. The minimum absolute atomic E-state index is 0.358. The van der Waals surface area contributed by atoms with Crippen molar-refractivity contribution in [3.05, 3.63) is 156 Å². The number of nitrogens with one attached hydrogen (secondary N) is 1. The van der Waals surface area contributed by atoms with E-state index >= 15 is 0 Å². The van der Waals surface area contributed by atoms with E-state index in [1.54, 1.807) is 0 Å². The van der Waals surface area contributed by atoms with Crippen LogP contribution in [0.25, 0.3) is 71.6 Å². The van der Waals surface area contributed by atoms with E-state index in [4.69, 9.17) is 9.98 Å². The van der Waals surface area contributed by atoms with E-state index in [0.29, 0.717) is 0 Å². The number of rotatable bonds is 4. The fourth-order valence-corrected chi connectivity index (χ4v) is 11.3. The number of hydrogen-bond acceptors (Lipinski definition) is 6. The first-order valence-corrected chi connectivity index (χ1v) is 19.8. The summed E-state index contributed by atoms with van der Waals surface area (Å²) in [5.74, 6) is 1.75. The van der Waals surface area contributed by atoms with Crippen LogP contribution in [0.1, 0.15) is 30.1 Å². The number of aliphatic imine (C=N–C) groups is 2. The lowest BCUT2D eigenvalue weighted by molar-refractivity contribution is 0.757. The SMILES string of the molecule is C1=CC(C2=NC(c3ccc4c(c3)sc3cc(-c5cccc6c5sc5ccccc56)ccc34)N=C(c3cccc4sc5ccccc5c34)N2)=CCC1. The van der Waals surface area contributed by atoms with Gasteiger partial charge in [0.15, 0.2) is 6.17 Å². The maximum Gasteiger partial charge on any atom is 0.169 e. The van der Waals surface area contributed by atoms with Gasteiger partial charge in [0.2, 0.25) is 0 Å². The first kappa shape index (κ1) is 29.3. The van der Waals surface area contributed by atoms with E-state index in [1.807, 2.05) is 34.0 Å². The smallest absolute Gasteiger partial charge is 0.169 e. The molecule has 242 valence electrons. The molecule has 6 aromatic carbocycles. The predicted molar refractivity (Wildman–Crippen MR) is 223 cm³/mol. The van der Waals surface area contributed by atoms with E-state index in [-0.39, 0.29) is 6.17 Å². The number of amidine groups is 2. The Kier molecular flexibility index (Phi) is 6.66. The largest absolute Gasteiger partial charge is 0.324 e. The van der Waals surface area contributed by atoms with Crippen molar-refractivity contribution in [2.75, 3.05) is 0 Å². The Morgan fingerprint density at radius 1 is 0.529 bits per heavy atom. The molecule has 51 heavy (non-hydrogen) atoms. The van der Waals surface area contributed by atoms with E-state index in [1.165, 1.54) is 71.6 Å². The van der Waals surface area contributed by atoms with Gasteiger partial charge in [-0.1, -0.05) is 109 Å². The van der Waals surface area contributed by atoms with Gasteiger partial charge in [0.05, 0.1) is 0 Å². The third kappa shape index (κ3) is 4.75. The molecule has 2 aliphatic rings. The van der Waals surface area contributed by atoms with E-state index in [9.17, 15) is 0 Å². The summed E-state index contributed by atoms with van der Waals surface area (Å²) in [5, 5.41) is 11.4. The van der Waals surface area contributed by atoms with Crippen LogP contribution in [0.3, 0.4) is 0 Å². The lowest BCUT2D eigenvalue weighted by Crippen LogP contribution is -2.36. The monoisotopic (exact) mass is 707 g/mol. The fourth-order valence-electron chi connectivity index (χ4n) is 7.74. The van der Waals surface area contributed by atoms with Crippen LogP contribution in [0.2, 0.25) is 0 Å². The zero-order chi connectivity index (χ0) is 33.5. The molecule has 4 heterocycles. The molecule has 9 aromatic rings. The molecule has 1 N–H and O–H groups in total. The summed E-state index contributed by atoms with van der Waals surface area (Å²) >= 11 is 5.58. The van der Waals surface area contributed by atoms with Crippen LogP contribution in [0.15, 0.2) is 155 Å². The summed E-state index contributed by atoms with van der Waals surface area (Å²) < 4.78 is 7.80. The molecule has 6 heteroatoms. The molecule has 0 spiro atoms. The van der Waals surface area contributed by atoms with Gasteiger partial charge in [-0.2, -0.15) is 0 Å². The molecule has 0 radical (unpaired) electrons. The molecular weight excluding hydrogens is 679 g/mol. The van der Waals surface area contributed by atoms with Crippen LogP contribution in [-0.2, 0) is 0 Å². The summed E-state index contributed by atoms with van der Waals surface area (Å²) in [6.45, 7) is 0. The molecule has 1 aliphatic heterocycles. The van der Waals surface area contributed by atoms with Gasteiger partial charge >= 0.3 is 0 Å². The molecule has 0 fully saturated rings. The number of hydrogen-bond donors (Lipinski definition) is 1. The summed E-state index contributed by atoms with van der Waals surface area (Å²) in [6, 6.07) is 44.5. The molecule has 0 saturated carbocycles. The van der Waals surface area contributed by atoms with Crippen molar-refractivity contribution >= 4 is 106 Å². The Morgan fingerprint density at radius 3 is 2.10 bits per heavy atom. The highest BCUT2D eigenvalue weighted by atomic mass is 32.1. The number of benzene rings is 6.